The Labute approximate surface area is 94.4 Å². The van der Waals surface area contributed by atoms with E-state index in [0.29, 0.717) is 16.5 Å². The quantitative estimate of drug-likeness (QED) is 0.660. The molecule has 2 fully saturated rings. The van der Waals surface area contributed by atoms with E-state index in [0.717, 1.165) is 6.04 Å². The zero-order chi connectivity index (χ0) is 11.5. The molecule has 0 spiro atoms. The molecule has 0 amide bonds. The largest absolute Gasteiger partial charge is 0.308 e. The van der Waals surface area contributed by atoms with Crippen molar-refractivity contribution in [3.8, 4) is 0 Å². The van der Waals surface area contributed by atoms with Crippen LogP contribution in [0.2, 0.25) is 0 Å². The maximum absolute atomic E-state index is 3.77. The summed E-state index contributed by atoms with van der Waals surface area (Å²) in [4.78, 5) is 2.69. The Morgan fingerprint density at radius 1 is 1.13 bits per heavy atom. The van der Waals surface area contributed by atoms with Crippen molar-refractivity contribution in [2.24, 2.45) is 5.41 Å². The summed E-state index contributed by atoms with van der Waals surface area (Å²) in [5.74, 6) is 0. The molecule has 0 unspecified atom stereocenters. The summed E-state index contributed by atoms with van der Waals surface area (Å²) in [6, 6.07) is 0.754. The molecule has 2 heteroatoms. The lowest BCUT2D eigenvalue weighted by molar-refractivity contribution is 0.0610. The zero-order valence-electron chi connectivity index (χ0n) is 11.1. The third kappa shape index (κ3) is 1.62. The van der Waals surface area contributed by atoms with Crippen LogP contribution in [-0.4, -0.2) is 35.1 Å². The van der Waals surface area contributed by atoms with Crippen LogP contribution >= 0.6 is 0 Å². The predicted octanol–water partition coefficient (Wildman–Crippen LogP) is 2.25. The fraction of sp³-hybridized carbons (Fsp3) is 1.00. The van der Waals surface area contributed by atoms with Crippen LogP contribution in [0.1, 0.15) is 48.0 Å². The van der Waals surface area contributed by atoms with Crippen LogP contribution in [0.3, 0.4) is 0 Å². The molecule has 2 nitrogen and oxygen atoms in total. The van der Waals surface area contributed by atoms with Crippen molar-refractivity contribution in [1.29, 1.82) is 0 Å². The second-order valence-electron chi connectivity index (χ2n) is 7.37. The minimum absolute atomic E-state index is 0.319. The van der Waals surface area contributed by atoms with Crippen LogP contribution in [0.5, 0.6) is 0 Å². The summed E-state index contributed by atoms with van der Waals surface area (Å²) in [6.07, 6.45) is 1.33. The van der Waals surface area contributed by atoms with Crippen LogP contribution in [0.15, 0.2) is 0 Å². The fourth-order valence-electron chi connectivity index (χ4n) is 3.21. The highest BCUT2D eigenvalue weighted by Gasteiger charge is 2.56. The highest BCUT2D eigenvalue weighted by molar-refractivity contribution is 5.15. The standard InChI is InChI=1S/C13H26N2/c1-11(2,3)13-7-10(8-14-13)15(9-13)12(4,5)6/h10,14H,7-9H2,1-6H3/t10-,13-/m0/s1. The van der Waals surface area contributed by atoms with Crippen LogP contribution < -0.4 is 5.32 Å². The number of likely N-dealkylation sites (tertiary alicyclic amines) is 1. The second-order valence-corrected chi connectivity index (χ2v) is 7.37. The molecule has 0 aliphatic carbocycles. The number of hydrogen-bond acceptors (Lipinski definition) is 2. The topological polar surface area (TPSA) is 15.3 Å². The molecule has 0 aromatic carbocycles. The van der Waals surface area contributed by atoms with Gasteiger partial charge in [0.1, 0.15) is 0 Å². The van der Waals surface area contributed by atoms with E-state index in [1.807, 2.05) is 0 Å². The normalized spacial score (nSPS) is 37.6. The molecule has 1 N–H and O–H groups in total. The van der Waals surface area contributed by atoms with Crippen LogP contribution in [0, 0.1) is 5.41 Å². The Bertz CT molecular complexity index is 259. The second kappa shape index (κ2) is 2.98. The van der Waals surface area contributed by atoms with E-state index in [1.165, 1.54) is 19.5 Å². The van der Waals surface area contributed by atoms with Crippen molar-refractivity contribution in [3.63, 3.8) is 0 Å². The van der Waals surface area contributed by atoms with Crippen molar-refractivity contribution in [1.82, 2.24) is 10.2 Å². The lowest BCUT2D eigenvalue weighted by Gasteiger charge is -2.46. The Morgan fingerprint density at radius 2 is 1.73 bits per heavy atom. The smallest absolute Gasteiger partial charge is 0.0373 e. The van der Waals surface area contributed by atoms with Gasteiger partial charge >= 0.3 is 0 Å². The lowest BCUT2D eigenvalue weighted by Crippen LogP contribution is -2.61. The Hall–Kier alpha value is -0.0800. The van der Waals surface area contributed by atoms with Gasteiger partial charge in [0.25, 0.3) is 0 Å². The monoisotopic (exact) mass is 210 g/mol. The molecule has 2 aliphatic rings. The minimum Gasteiger partial charge on any atom is -0.308 e. The van der Waals surface area contributed by atoms with Gasteiger partial charge in [-0.05, 0) is 32.6 Å². The van der Waals surface area contributed by atoms with Gasteiger partial charge in [-0.25, -0.2) is 0 Å². The molecule has 2 heterocycles. The van der Waals surface area contributed by atoms with Crippen molar-refractivity contribution < 1.29 is 0 Å². The number of hydrogen-bond donors (Lipinski definition) is 1. The fourth-order valence-corrected chi connectivity index (χ4v) is 3.21. The van der Waals surface area contributed by atoms with E-state index in [9.17, 15) is 0 Å². The number of piperazine rings is 1. The van der Waals surface area contributed by atoms with Gasteiger partial charge in [-0.15, -0.1) is 0 Å². The summed E-state index contributed by atoms with van der Waals surface area (Å²) in [5, 5.41) is 3.77. The van der Waals surface area contributed by atoms with Gasteiger partial charge in [-0.1, -0.05) is 20.8 Å². The molecule has 2 atom stereocenters. The number of nitrogens with one attached hydrogen (secondary N) is 1. The van der Waals surface area contributed by atoms with Crippen LogP contribution in [0.4, 0.5) is 0 Å². The molecular weight excluding hydrogens is 184 g/mol. The summed E-state index contributed by atoms with van der Waals surface area (Å²) in [7, 11) is 0. The summed E-state index contributed by atoms with van der Waals surface area (Å²) in [6.45, 7) is 16.5. The number of nitrogens with zero attached hydrogens (tertiary/aromatic N) is 1. The maximum Gasteiger partial charge on any atom is 0.0373 e. The summed E-state index contributed by atoms with van der Waals surface area (Å²) >= 11 is 0. The molecule has 2 rings (SSSR count). The van der Waals surface area contributed by atoms with Crippen LogP contribution in [-0.2, 0) is 0 Å². The lowest BCUT2D eigenvalue weighted by atomic mass is 9.73. The van der Waals surface area contributed by atoms with E-state index in [1.54, 1.807) is 0 Å². The molecule has 2 saturated heterocycles. The molecule has 0 saturated carbocycles. The Balaban J connectivity index is 2.23. The maximum atomic E-state index is 3.77. The summed E-state index contributed by atoms with van der Waals surface area (Å²) < 4.78 is 0. The number of rotatable bonds is 0. The van der Waals surface area contributed by atoms with Gasteiger partial charge in [-0.3, -0.25) is 4.90 Å². The van der Waals surface area contributed by atoms with Crippen LogP contribution in [0.25, 0.3) is 0 Å². The van der Waals surface area contributed by atoms with Crippen molar-refractivity contribution in [3.05, 3.63) is 0 Å². The van der Waals surface area contributed by atoms with Gasteiger partial charge in [0.15, 0.2) is 0 Å². The van der Waals surface area contributed by atoms with Gasteiger partial charge in [0.05, 0.1) is 0 Å². The van der Waals surface area contributed by atoms with E-state index >= 15 is 0 Å². The van der Waals surface area contributed by atoms with E-state index in [-0.39, 0.29) is 0 Å². The molecule has 15 heavy (non-hydrogen) atoms. The average molecular weight is 210 g/mol. The van der Waals surface area contributed by atoms with E-state index in [2.05, 4.69) is 51.8 Å². The highest BCUT2D eigenvalue weighted by atomic mass is 15.3. The molecule has 0 aromatic rings. The van der Waals surface area contributed by atoms with Gasteiger partial charge in [0.2, 0.25) is 0 Å². The van der Waals surface area contributed by atoms with Gasteiger partial charge in [-0.2, -0.15) is 0 Å². The molecule has 2 bridgehead atoms. The van der Waals surface area contributed by atoms with Crippen molar-refractivity contribution >= 4 is 0 Å². The SMILES string of the molecule is CC(C)(C)N1C[C@]2(C(C)(C)C)C[C@H]1CN2. The molecular formula is C13H26N2. The predicted molar refractivity (Wildman–Crippen MR) is 65.1 cm³/mol. The van der Waals surface area contributed by atoms with E-state index < -0.39 is 0 Å². The number of fused-ring (bicyclic) bond motifs is 2. The average Bonchev–Trinajstić information content (AvgIpc) is 2.57. The zero-order valence-corrected chi connectivity index (χ0v) is 11.1. The molecule has 2 aliphatic heterocycles. The Kier molecular flexibility index (Phi) is 2.27. The van der Waals surface area contributed by atoms with Gasteiger partial charge in [0, 0.05) is 30.2 Å². The van der Waals surface area contributed by atoms with E-state index in [4.69, 9.17) is 0 Å². The minimum atomic E-state index is 0.319. The molecule has 88 valence electrons. The first-order valence-electron chi connectivity index (χ1n) is 6.18. The molecule has 0 radical (unpaired) electrons. The summed E-state index contributed by atoms with van der Waals surface area (Å²) in [5.41, 5.74) is 1.03. The third-order valence-electron chi connectivity index (χ3n) is 4.44. The first-order chi connectivity index (χ1) is 6.66. The van der Waals surface area contributed by atoms with Crippen molar-refractivity contribution in [2.75, 3.05) is 13.1 Å². The molecule has 0 aromatic heterocycles. The third-order valence-corrected chi connectivity index (χ3v) is 4.44. The van der Waals surface area contributed by atoms with Gasteiger partial charge < -0.3 is 5.32 Å². The first-order valence-corrected chi connectivity index (χ1v) is 6.18. The highest BCUT2D eigenvalue weighted by Crippen LogP contribution is 2.46. The Morgan fingerprint density at radius 3 is 2.07 bits per heavy atom. The first kappa shape index (κ1) is 11.4. The van der Waals surface area contributed by atoms with Crippen molar-refractivity contribution in [2.45, 2.75) is 65.1 Å².